The molecule has 0 bridgehead atoms. The highest BCUT2D eigenvalue weighted by molar-refractivity contribution is 5.92. The van der Waals surface area contributed by atoms with Crippen LogP contribution in [0, 0.1) is 12.7 Å². The number of esters is 1. The molecule has 1 amide bonds. The first-order valence-electron chi connectivity index (χ1n) is 9.92. The summed E-state index contributed by atoms with van der Waals surface area (Å²) in [6, 6.07) is 17.9. The Morgan fingerprint density at radius 3 is 1.91 bits per heavy atom. The van der Waals surface area contributed by atoms with Crippen LogP contribution >= 0.6 is 0 Å². The lowest BCUT2D eigenvalue weighted by Crippen LogP contribution is -2.33. The first-order chi connectivity index (χ1) is 15.4. The second kappa shape index (κ2) is 10.4. The molecular formula is C25H24FNO5. The standard InChI is InChI=1S/C25H24FNO5/c1-16-4-9-19(26)14-22(16)25(29)32-15-23(28)27-24(17-5-10-20(30-2)11-6-17)18-7-12-21(31-3)13-8-18/h4-14,24H,15H2,1-3H3,(H,27,28). The Hall–Kier alpha value is -3.87. The van der Waals surface area contributed by atoms with Gasteiger partial charge >= 0.3 is 5.97 Å². The fourth-order valence-corrected chi connectivity index (χ4v) is 3.18. The van der Waals surface area contributed by atoms with Gasteiger partial charge in [-0.1, -0.05) is 30.3 Å². The minimum Gasteiger partial charge on any atom is -0.497 e. The predicted octanol–water partition coefficient (Wildman–Crippen LogP) is 4.21. The molecule has 0 heterocycles. The molecular weight excluding hydrogens is 413 g/mol. The van der Waals surface area contributed by atoms with Gasteiger partial charge in [0.25, 0.3) is 5.91 Å². The van der Waals surface area contributed by atoms with Crippen molar-refractivity contribution >= 4 is 11.9 Å². The Bertz CT molecular complexity index is 1030. The number of rotatable bonds is 8. The molecule has 3 rings (SSSR count). The molecule has 7 heteroatoms. The molecule has 0 atom stereocenters. The molecule has 0 radical (unpaired) electrons. The van der Waals surface area contributed by atoms with E-state index < -0.39 is 30.3 Å². The molecule has 0 saturated heterocycles. The van der Waals surface area contributed by atoms with Crippen LogP contribution in [0.4, 0.5) is 4.39 Å². The first-order valence-corrected chi connectivity index (χ1v) is 9.92. The van der Waals surface area contributed by atoms with Crippen LogP contribution in [0.5, 0.6) is 11.5 Å². The van der Waals surface area contributed by atoms with Gasteiger partial charge in [0.05, 0.1) is 25.8 Å². The molecule has 0 spiro atoms. The molecule has 3 aromatic carbocycles. The quantitative estimate of drug-likeness (QED) is 0.535. The highest BCUT2D eigenvalue weighted by Crippen LogP contribution is 2.26. The summed E-state index contributed by atoms with van der Waals surface area (Å²) in [5.41, 5.74) is 2.28. The topological polar surface area (TPSA) is 73.9 Å². The number of methoxy groups -OCH3 is 2. The third kappa shape index (κ3) is 5.63. The van der Waals surface area contributed by atoms with Crippen LogP contribution in [0.2, 0.25) is 0 Å². The minimum absolute atomic E-state index is 0.0830. The lowest BCUT2D eigenvalue weighted by Gasteiger charge is -2.20. The molecule has 1 N–H and O–H groups in total. The molecule has 0 fully saturated rings. The number of halogens is 1. The molecule has 3 aromatic rings. The summed E-state index contributed by atoms with van der Waals surface area (Å²) < 4.78 is 29.0. The number of ether oxygens (including phenoxy) is 3. The number of hydrogen-bond acceptors (Lipinski definition) is 5. The molecule has 0 aliphatic carbocycles. The van der Waals surface area contributed by atoms with Gasteiger partial charge < -0.3 is 19.5 Å². The number of carbonyl (C=O) groups excluding carboxylic acids is 2. The predicted molar refractivity (Wildman–Crippen MR) is 117 cm³/mol. The van der Waals surface area contributed by atoms with Gasteiger partial charge in [-0.25, -0.2) is 9.18 Å². The van der Waals surface area contributed by atoms with E-state index in [1.165, 1.54) is 12.1 Å². The lowest BCUT2D eigenvalue weighted by molar-refractivity contribution is -0.124. The van der Waals surface area contributed by atoms with Crippen molar-refractivity contribution < 1.29 is 28.2 Å². The maximum Gasteiger partial charge on any atom is 0.339 e. The summed E-state index contributed by atoms with van der Waals surface area (Å²) in [5, 5.41) is 2.89. The van der Waals surface area contributed by atoms with Crippen molar-refractivity contribution in [1.29, 1.82) is 0 Å². The molecule has 0 aromatic heterocycles. The van der Waals surface area contributed by atoms with Gasteiger partial charge in [0.15, 0.2) is 6.61 Å². The summed E-state index contributed by atoms with van der Waals surface area (Å²) in [6.45, 7) is 1.16. The van der Waals surface area contributed by atoms with Crippen molar-refractivity contribution in [2.75, 3.05) is 20.8 Å². The Balaban J connectivity index is 1.75. The van der Waals surface area contributed by atoms with Crippen molar-refractivity contribution in [2.45, 2.75) is 13.0 Å². The Morgan fingerprint density at radius 1 is 0.875 bits per heavy atom. The van der Waals surface area contributed by atoms with E-state index in [0.29, 0.717) is 17.1 Å². The molecule has 0 aliphatic rings. The molecule has 0 saturated carbocycles. The van der Waals surface area contributed by atoms with Gasteiger partial charge in [-0.15, -0.1) is 0 Å². The zero-order chi connectivity index (χ0) is 23.1. The first kappa shape index (κ1) is 22.8. The SMILES string of the molecule is COc1ccc(C(NC(=O)COC(=O)c2cc(F)ccc2C)c2ccc(OC)cc2)cc1. The third-order valence-electron chi connectivity index (χ3n) is 4.96. The summed E-state index contributed by atoms with van der Waals surface area (Å²) in [6.07, 6.45) is 0. The van der Waals surface area contributed by atoms with Crippen molar-refractivity contribution in [3.63, 3.8) is 0 Å². The molecule has 6 nitrogen and oxygen atoms in total. The maximum atomic E-state index is 13.5. The fourth-order valence-electron chi connectivity index (χ4n) is 3.18. The van der Waals surface area contributed by atoms with Gasteiger partial charge in [0.1, 0.15) is 17.3 Å². The van der Waals surface area contributed by atoms with Crippen LogP contribution in [-0.2, 0) is 9.53 Å². The maximum absolute atomic E-state index is 13.5. The summed E-state index contributed by atoms with van der Waals surface area (Å²) >= 11 is 0. The summed E-state index contributed by atoms with van der Waals surface area (Å²) in [7, 11) is 3.15. The van der Waals surface area contributed by atoms with Gasteiger partial charge in [-0.3, -0.25) is 4.79 Å². The zero-order valence-electron chi connectivity index (χ0n) is 18.1. The Kier molecular flexibility index (Phi) is 7.44. The number of amides is 1. The van der Waals surface area contributed by atoms with Crippen LogP contribution in [0.25, 0.3) is 0 Å². The van der Waals surface area contributed by atoms with Crippen molar-refractivity contribution in [2.24, 2.45) is 0 Å². The fraction of sp³-hybridized carbons (Fsp3) is 0.200. The number of aryl methyl sites for hydroxylation is 1. The van der Waals surface area contributed by atoms with Crippen LogP contribution in [0.1, 0.15) is 33.1 Å². The van der Waals surface area contributed by atoms with Gasteiger partial charge in [0, 0.05) is 0 Å². The highest BCUT2D eigenvalue weighted by Gasteiger charge is 2.19. The number of nitrogens with one attached hydrogen (secondary N) is 1. The highest BCUT2D eigenvalue weighted by atomic mass is 19.1. The smallest absolute Gasteiger partial charge is 0.339 e. The van der Waals surface area contributed by atoms with E-state index in [1.807, 2.05) is 24.3 Å². The van der Waals surface area contributed by atoms with Crippen LogP contribution in [0.15, 0.2) is 66.7 Å². The molecule has 166 valence electrons. The summed E-state index contributed by atoms with van der Waals surface area (Å²) in [5.74, 6) is -0.432. The average molecular weight is 437 g/mol. The number of benzene rings is 3. The van der Waals surface area contributed by atoms with Gasteiger partial charge in [-0.2, -0.15) is 0 Å². The van der Waals surface area contributed by atoms with Crippen LogP contribution in [-0.4, -0.2) is 32.7 Å². The Labute approximate surface area is 185 Å². The van der Waals surface area contributed by atoms with E-state index in [1.54, 1.807) is 45.4 Å². The zero-order valence-corrected chi connectivity index (χ0v) is 18.1. The lowest BCUT2D eigenvalue weighted by atomic mass is 9.98. The second-order valence-corrected chi connectivity index (χ2v) is 7.08. The van der Waals surface area contributed by atoms with E-state index in [2.05, 4.69) is 5.32 Å². The average Bonchev–Trinajstić information content (AvgIpc) is 2.82. The molecule has 32 heavy (non-hydrogen) atoms. The van der Waals surface area contributed by atoms with Crippen molar-refractivity contribution in [3.05, 3.63) is 94.8 Å². The molecule has 0 aliphatic heterocycles. The minimum atomic E-state index is -0.761. The number of carbonyl (C=O) groups is 2. The normalized spacial score (nSPS) is 10.5. The van der Waals surface area contributed by atoms with Crippen molar-refractivity contribution in [1.82, 2.24) is 5.32 Å². The summed E-state index contributed by atoms with van der Waals surface area (Å²) in [4.78, 5) is 24.9. The second-order valence-electron chi connectivity index (χ2n) is 7.08. The van der Waals surface area contributed by atoms with E-state index >= 15 is 0 Å². The third-order valence-corrected chi connectivity index (χ3v) is 4.96. The van der Waals surface area contributed by atoms with E-state index in [-0.39, 0.29) is 5.56 Å². The van der Waals surface area contributed by atoms with Crippen LogP contribution < -0.4 is 14.8 Å². The monoisotopic (exact) mass is 437 g/mol. The van der Waals surface area contributed by atoms with Crippen molar-refractivity contribution in [3.8, 4) is 11.5 Å². The van der Waals surface area contributed by atoms with E-state index in [4.69, 9.17) is 14.2 Å². The van der Waals surface area contributed by atoms with Gasteiger partial charge in [0.2, 0.25) is 0 Å². The number of hydrogen-bond donors (Lipinski definition) is 1. The van der Waals surface area contributed by atoms with E-state index in [0.717, 1.165) is 17.2 Å². The van der Waals surface area contributed by atoms with Crippen LogP contribution in [0.3, 0.4) is 0 Å². The molecule has 0 unspecified atom stereocenters. The Morgan fingerprint density at radius 2 is 1.41 bits per heavy atom. The van der Waals surface area contributed by atoms with E-state index in [9.17, 15) is 14.0 Å². The largest absolute Gasteiger partial charge is 0.497 e. The van der Waals surface area contributed by atoms with Gasteiger partial charge in [-0.05, 0) is 60.0 Å².